The first-order valence-corrected chi connectivity index (χ1v) is 11.7. The Labute approximate surface area is 217 Å². The Morgan fingerprint density at radius 1 is 0.944 bits per heavy atom. The molecule has 12 heteroatoms. The number of phenolic OH excluding ortho intramolecular Hbond substituents is 1. The van der Waals surface area contributed by atoms with Gasteiger partial charge in [0.1, 0.15) is 5.75 Å². The number of nitrogens with zero attached hydrogens (tertiary/aromatic N) is 3. The standard InChI is InChI=1S/C24H14Cl2F3N3O3S/c25-18-6-4-13(8-19(18)26)12-32-22(34)21(36-23(32)35)10-14-9-17(5-7-20(14)33)31-30-16-3-1-2-15(11-16)24(27,28)29/h1-11,33H,12H2/b21-10-,31-30?. The van der Waals surface area contributed by atoms with Gasteiger partial charge in [-0.3, -0.25) is 14.5 Å². The SMILES string of the molecule is O=C1S/C(=C\c2cc(N=Nc3cccc(C(F)(F)F)c3)ccc2O)C(=O)N1Cc1ccc(Cl)c(Cl)c1. The molecule has 0 spiro atoms. The second kappa shape index (κ2) is 10.3. The number of thioether (sulfide) groups is 1. The maximum Gasteiger partial charge on any atom is 0.416 e. The van der Waals surface area contributed by atoms with E-state index in [1.807, 2.05) is 0 Å². The Morgan fingerprint density at radius 2 is 1.67 bits per heavy atom. The van der Waals surface area contributed by atoms with E-state index in [2.05, 4.69) is 10.2 Å². The van der Waals surface area contributed by atoms with E-state index in [0.29, 0.717) is 22.3 Å². The molecule has 1 heterocycles. The quantitative estimate of drug-likeness (QED) is 0.255. The number of phenols is 1. The summed E-state index contributed by atoms with van der Waals surface area (Å²) in [5.41, 5.74) is 0.125. The van der Waals surface area contributed by atoms with Gasteiger partial charge in [-0.1, -0.05) is 35.3 Å². The van der Waals surface area contributed by atoms with Gasteiger partial charge in [-0.15, -0.1) is 0 Å². The zero-order chi connectivity index (χ0) is 26.0. The van der Waals surface area contributed by atoms with E-state index in [1.54, 1.807) is 18.2 Å². The number of hydrogen-bond donors (Lipinski definition) is 1. The van der Waals surface area contributed by atoms with E-state index in [4.69, 9.17) is 23.2 Å². The number of aromatic hydroxyl groups is 1. The van der Waals surface area contributed by atoms with Crippen molar-refractivity contribution in [3.05, 3.63) is 92.3 Å². The molecule has 0 unspecified atom stereocenters. The van der Waals surface area contributed by atoms with E-state index in [9.17, 15) is 27.9 Å². The first-order valence-electron chi connectivity index (χ1n) is 10.1. The normalized spacial score (nSPS) is 15.5. The predicted octanol–water partition coefficient (Wildman–Crippen LogP) is 8.37. The summed E-state index contributed by atoms with van der Waals surface area (Å²) in [7, 11) is 0. The van der Waals surface area contributed by atoms with Crippen molar-refractivity contribution in [1.82, 2.24) is 4.90 Å². The minimum atomic E-state index is -4.51. The molecule has 36 heavy (non-hydrogen) atoms. The van der Waals surface area contributed by atoms with E-state index in [0.717, 1.165) is 17.0 Å². The van der Waals surface area contributed by atoms with Crippen molar-refractivity contribution >= 4 is 63.6 Å². The fraction of sp³-hybridized carbons (Fsp3) is 0.0833. The molecule has 3 aromatic carbocycles. The summed E-state index contributed by atoms with van der Waals surface area (Å²) in [5, 5.41) is 18.1. The van der Waals surface area contributed by atoms with Crippen molar-refractivity contribution in [3.63, 3.8) is 0 Å². The van der Waals surface area contributed by atoms with Crippen molar-refractivity contribution in [3.8, 4) is 5.75 Å². The van der Waals surface area contributed by atoms with Crippen LogP contribution in [0.5, 0.6) is 5.75 Å². The first kappa shape index (κ1) is 25.7. The number of hydrogen-bond acceptors (Lipinski definition) is 6. The van der Waals surface area contributed by atoms with Gasteiger partial charge in [0, 0.05) is 5.56 Å². The molecule has 1 fully saturated rings. The second-order valence-electron chi connectivity index (χ2n) is 7.51. The lowest BCUT2D eigenvalue weighted by Gasteiger charge is -2.13. The van der Waals surface area contributed by atoms with Crippen LogP contribution in [0.25, 0.3) is 6.08 Å². The molecule has 0 saturated carbocycles. The Bertz CT molecular complexity index is 1430. The molecule has 1 saturated heterocycles. The lowest BCUT2D eigenvalue weighted by atomic mass is 10.1. The van der Waals surface area contributed by atoms with Gasteiger partial charge in [0.15, 0.2) is 0 Å². The van der Waals surface area contributed by atoms with Crippen molar-refractivity contribution < 1.29 is 27.9 Å². The van der Waals surface area contributed by atoms with Gasteiger partial charge >= 0.3 is 6.18 Å². The summed E-state index contributed by atoms with van der Waals surface area (Å²) >= 11 is 12.6. The van der Waals surface area contributed by atoms with Gasteiger partial charge in [-0.05, 0) is 71.9 Å². The monoisotopic (exact) mass is 551 g/mol. The number of carbonyl (C=O) groups is 2. The van der Waals surface area contributed by atoms with Gasteiger partial charge in [0.25, 0.3) is 11.1 Å². The molecule has 6 nitrogen and oxygen atoms in total. The topological polar surface area (TPSA) is 82.3 Å². The van der Waals surface area contributed by atoms with Crippen LogP contribution in [0.3, 0.4) is 0 Å². The molecule has 1 aliphatic rings. The Morgan fingerprint density at radius 3 is 2.36 bits per heavy atom. The van der Waals surface area contributed by atoms with Crippen LogP contribution in [0, 0.1) is 0 Å². The molecule has 4 rings (SSSR count). The van der Waals surface area contributed by atoms with Crippen molar-refractivity contribution in [2.75, 3.05) is 0 Å². The number of carbonyl (C=O) groups excluding carboxylic acids is 2. The molecular formula is C24H14Cl2F3N3O3S. The summed E-state index contributed by atoms with van der Waals surface area (Å²) in [5.74, 6) is -0.754. The zero-order valence-electron chi connectivity index (χ0n) is 18.0. The van der Waals surface area contributed by atoms with E-state index in [1.165, 1.54) is 36.4 Å². The third kappa shape index (κ3) is 5.89. The van der Waals surface area contributed by atoms with Crippen LogP contribution in [0.15, 0.2) is 75.8 Å². The lowest BCUT2D eigenvalue weighted by Crippen LogP contribution is -2.27. The largest absolute Gasteiger partial charge is 0.507 e. The average molecular weight is 552 g/mol. The third-order valence-electron chi connectivity index (χ3n) is 4.95. The Hall–Kier alpha value is -3.34. The summed E-state index contributed by atoms with van der Waals surface area (Å²) in [4.78, 5) is 26.4. The summed E-state index contributed by atoms with van der Waals surface area (Å²) in [6.45, 7) is -0.0177. The first-order chi connectivity index (χ1) is 17.0. The maximum absolute atomic E-state index is 12.9. The lowest BCUT2D eigenvalue weighted by molar-refractivity contribution is -0.137. The zero-order valence-corrected chi connectivity index (χ0v) is 20.3. The molecule has 3 aromatic rings. The molecule has 0 bridgehead atoms. The molecule has 2 amide bonds. The molecule has 1 N–H and O–H groups in total. The van der Waals surface area contributed by atoms with Gasteiger partial charge in [0.05, 0.1) is 38.4 Å². The third-order valence-corrected chi connectivity index (χ3v) is 6.60. The van der Waals surface area contributed by atoms with Crippen LogP contribution >= 0.6 is 35.0 Å². The average Bonchev–Trinajstić information content (AvgIpc) is 3.09. The van der Waals surface area contributed by atoms with Crippen LogP contribution in [-0.4, -0.2) is 21.2 Å². The summed E-state index contributed by atoms with van der Waals surface area (Å²) in [6.07, 6.45) is -3.18. The molecule has 0 aliphatic carbocycles. The highest BCUT2D eigenvalue weighted by Gasteiger charge is 2.35. The molecule has 0 atom stereocenters. The van der Waals surface area contributed by atoms with Crippen LogP contribution in [0.2, 0.25) is 10.0 Å². The van der Waals surface area contributed by atoms with Crippen LogP contribution in [-0.2, 0) is 17.5 Å². The second-order valence-corrected chi connectivity index (χ2v) is 9.32. The van der Waals surface area contributed by atoms with E-state index in [-0.39, 0.29) is 39.2 Å². The van der Waals surface area contributed by atoms with Crippen molar-refractivity contribution in [1.29, 1.82) is 0 Å². The van der Waals surface area contributed by atoms with Gasteiger partial charge < -0.3 is 5.11 Å². The van der Waals surface area contributed by atoms with Crippen LogP contribution in [0.1, 0.15) is 16.7 Å². The van der Waals surface area contributed by atoms with E-state index >= 15 is 0 Å². The summed E-state index contributed by atoms with van der Waals surface area (Å²) < 4.78 is 38.7. The van der Waals surface area contributed by atoms with Crippen LogP contribution < -0.4 is 0 Å². The molecule has 1 aliphatic heterocycles. The number of rotatable bonds is 5. The minimum Gasteiger partial charge on any atom is -0.507 e. The molecular weight excluding hydrogens is 538 g/mol. The highest BCUT2D eigenvalue weighted by atomic mass is 35.5. The number of amides is 2. The minimum absolute atomic E-state index is 0.0112. The number of imide groups is 1. The Balaban J connectivity index is 1.55. The maximum atomic E-state index is 12.9. The molecule has 0 aromatic heterocycles. The Kier molecular flexibility index (Phi) is 7.39. The smallest absolute Gasteiger partial charge is 0.416 e. The number of benzene rings is 3. The number of halogens is 5. The number of azo groups is 1. The van der Waals surface area contributed by atoms with Crippen molar-refractivity contribution in [2.45, 2.75) is 12.7 Å². The molecule has 184 valence electrons. The molecule has 0 radical (unpaired) electrons. The fourth-order valence-corrected chi connectivity index (χ4v) is 4.33. The predicted molar refractivity (Wildman–Crippen MR) is 132 cm³/mol. The highest BCUT2D eigenvalue weighted by Crippen LogP contribution is 2.37. The number of alkyl halides is 3. The summed E-state index contributed by atoms with van der Waals surface area (Å²) in [6, 6.07) is 13.2. The highest BCUT2D eigenvalue weighted by molar-refractivity contribution is 8.18. The van der Waals surface area contributed by atoms with E-state index < -0.39 is 22.9 Å². The van der Waals surface area contributed by atoms with Gasteiger partial charge in [0.2, 0.25) is 0 Å². The van der Waals surface area contributed by atoms with Gasteiger partial charge in [-0.25, -0.2) is 0 Å². The van der Waals surface area contributed by atoms with Crippen LogP contribution in [0.4, 0.5) is 29.3 Å². The fourth-order valence-electron chi connectivity index (χ4n) is 3.18. The van der Waals surface area contributed by atoms with Crippen molar-refractivity contribution in [2.24, 2.45) is 10.2 Å². The van der Waals surface area contributed by atoms with Gasteiger partial charge in [-0.2, -0.15) is 23.4 Å².